The van der Waals surface area contributed by atoms with Gasteiger partial charge in [0.15, 0.2) is 5.96 Å². The van der Waals surface area contributed by atoms with Gasteiger partial charge < -0.3 is 10.6 Å². The minimum Gasteiger partial charge on any atom is -0.352 e. The quantitative estimate of drug-likeness (QED) is 0.174. The number of hydrogen-bond acceptors (Lipinski definition) is 1. The average molecular weight is 1260 g/mol. The lowest BCUT2D eigenvalue weighted by Crippen LogP contribution is -2.36. The summed E-state index contributed by atoms with van der Waals surface area (Å²) in [5.74, 6) is 0.760. The highest BCUT2D eigenvalue weighted by atomic mass is 15.2. The van der Waals surface area contributed by atoms with Gasteiger partial charge in [-0.1, -0.05) is 287 Å². The summed E-state index contributed by atoms with van der Waals surface area (Å²) in [5.41, 5.74) is 29.6. The van der Waals surface area contributed by atoms with Crippen molar-refractivity contribution >= 4 is 27.5 Å². The number of nitrogens with one attached hydrogen (secondary N) is 2. The van der Waals surface area contributed by atoms with Crippen LogP contribution in [0.3, 0.4) is 0 Å². The van der Waals surface area contributed by atoms with Crippen molar-refractivity contribution in [2.45, 2.75) is 223 Å². The van der Waals surface area contributed by atoms with E-state index >= 15 is 0 Å². The molecule has 0 atom stereocenters. The van der Waals surface area contributed by atoms with E-state index in [2.05, 4.69) is 347 Å². The molecular weight excluding hydrogens is 1150 g/mol. The Morgan fingerprint density at radius 2 is 0.463 bits per heavy atom. The zero-order valence-corrected chi connectivity index (χ0v) is 62.5. The van der Waals surface area contributed by atoms with Crippen LogP contribution in [0.15, 0.2) is 175 Å². The smallest absolute Gasteiger partial charge is 0.191 e. The minimum absolute atomic E-state index is 0.0673. The van der Waals surface area contributed by atoms with E-state index in [-0.39, 0.29) is 43.3 Å². The minimum atomic E-state index is -0.0673. The number of rotatable bonds is 6. The molecule has 95 heavy (non-hydrogen) atoms. The molecule has 1 aliphatic rings. The Hall–Kier alpha value is -8.01. The molecule has 0 aromatic heterocycles. The molecule has 10 aromatic rings. The Kier molecular flexibility index (Phi) is 17.5. The van der Waals surface area contributed by atoms with Crippen LogP contribution in [0.4, 0.5) is 0 Å². The number of benzene rings is 10. The number of nitrogens with zero attached hydrogens (tertiary/aromatic N) is 1. The lowest BCUT2D eigenvalue weighted by molar-refractivity contribution is 0.568. The summed E-state index contributed by atoms with van der Waals surface area (Å²) in [4.78, 5) is 5.00. The summed E-state index contributed by atoms with van der Waals surface area (Å²) in [6.07, 6.45) is 0. The third-order valence-electron chi connectivity index (χ3n) is 20.1. The van der Waals surface area contributed by atoms with E-state index < -0.39 is 0 Å². The molecule has 0 spiro atoms. The fourth-order valence-electron chi connectivity index (χ4n) is 13.7. The highest BCUT2D eigenvalue weighted by Crippen LogP contribution is 2.50. The van der Waals surface area contributed by atoms with E-state index in [0.29, 0.717) is 13.1 Å². The zero-order valence-electron chi connectivity index (χ0n) is 62.5. The van der Waals surface area contributed by atoms with Gasteiger partial charge in [-0.15, -0.1) is 0 Å². The van der Waals surface area contributed by atoms with Crippen LogP contribution >= 0.6 is 0 Å². The molecule has 0 bridgehead atoms. The highest BCUT2D eigenvalue weighted by Gasteiger charge is 2.30. The third kappa shape index (κ3) is 14.3. The summed E-state index contributed by atoms with van der Waals surface area (Å²) in [7, 11) is 1.91. The molecule has 2 N–H and O–H groups in total. The Bertz CT molecular complexity index is 4040. The molecule has 3 nitrogen and oxygen atoms in total. The maximum atomic E-state index is 5.00. The van der Waals surface area contributed by atoms with Crippen molar-refractivity contribution in [3.63, 3.8) is 0 Å². The van der Waals surface area contributed by atoms with Crippen LogP contribution in [0.2, 0.25) is 0 Å². The maximum absolute atomic E-state index is 5.00. The van der Waals surface area contributed by atoms with E-state index in [1.54, 1.807) is 0 Å². The summed E-state index contributed by atoms with van der Waals surface area (Å²) < 4.78 is 0. The number of aliphatic imine (C=N–C) groups is 1. The molecule has 0 saturated heterocycles. The molecule has 0 unspecified atom stereocenters. The first-order valence-corrected chi connectivity index (χ1v) is 35.0. The second kappa shape index (κ2) is 24.3. The van der Waals surface area contributed by atoms with Crippen LogP contribution in [-0.4, -0.2) is 13.0 Å². The topological polar surface area (TPSA) is 36.4 Å². The van der Waals surface area contributed by atoms with Gasteiger partial charge in [0, 0.05) is 20.1 Å². The number of hydrogen-bond donors (Lipinski definition) is 2. The standard InChI is InChI=1S/C92H109N3/c1-85(2,3)68-40-62(41-69(50-68)86(4,5)6)58-34-59(63-42-70(87(7,8)9)51-71(43-63)88(10,11)12)37-66(36-58)78-48-56-30-26-28-32-76(56)82-80(78)54-94-84(93-25)95-55-81-79(49-57-31-27-29-33-77(57)83(81)82)67-38-60(64-44-72(89(13,14)15)52-73(45-64)90(16,17)18)35-61(39-67)65-46-74(91(19,20)21)53-75(47-65)92(22,23)24/h26-53H,54-55H2,1-25H3,(H2,93,94,95). The maximum Gasteiger partial charge on any atom is 0.191 e. The molecule has 11 rings (SSSR count). The predicted molar refractivity (Wildman–Crippen MR) is 416 cm³/mol. The Morgan fingerprint density at radius 1 is 0.253 bits per heavy atom. The van der Waals surface area contributed by atoms with Gasteiger partial charge in [-0.25, -0.2) is 0 Å². The fraction of sp³-hybridized carbons (Fsp3) is 0.380. The van der Waals surface area contributed by atoms with Crippen LogP contribution < -0.4 is 10.6 Å². The number of fused-ring (bicyclic) bond motifs is 7. The molecule has 0 aliphatic carbocycles. The zero-order chi connectivity index (χ0) is 69.1. The molecule has 3 heteroatoms. The lowest BCUT2D eigenvalue weighted by Gasteiger charge is -2.28. The molecule has 0 amide bonds. The van der Waals surface area contributed by atoms with Gasteiger partial charge in [-0.2, -0.15) is 0 Å². The summed E-state index contributed by atoms with van der Waals surface area (Å²) in [6, 6.07) is 67.8. The van der Waals surface area contributed by atoms with Crippen molar-refractivity contribution in [1.82, 2.24) is 10.6 Å². The lowest BCUT2D eigenvalue weighted by atomic mass is 9.77. The Labute approximate surface area is 572 Å². The molecule has 0 saturated carbocycles. The molecule has 0 radical (unpaired) electrons. The van der Waals surface area contributed by atoms with Crippen molar-refractivity contribution < 1.29 is 0 Å². The molecule has 1 aliphatic heterocycles. The van der Waals surface area contributed by atoms with E-state index in [1.807, 2.05) is 7.05 Å². The average Bonchev–Trinajstić information content (AvgIpc) is 1.49. The van der Waals surface area contributed by atoms with Crippen LogP contribution in [0.5, 0.6) is 0 Å². The molecule has 0 fully saturated rings. The van der Waals surface area contributed by atoms with E-state index in [0.717, 1.165) is 5.96 Å². The van der Waals surface area contributed by atoms with Gasteiger partial charge in [0.25, 0.3) is 0 Å². The van der Waals surface area contributed by atoms with Crippen molar-refractivity contribution in [2.75, 3.05) is 7.05 Å². The monoisotopic (exact) mass is 1260 g/mol. The normalized spacial score (nSPS) is 13.8. The van der Waals surface area contributed by atoms with Gasteiger partial charge >= 0.3 is 0 Å². The molecule has 492 valence electrons. The van der Waals surface area contributed by atoms with Gasteiger partial charge in [0.05, 0.1) is 0 Å². The van der Waals surface area contributed by atoms with Crippen molar-refractivity contribution in [2.24, 2.45) is 4.99 Å². The van der Waals surface area contributed by atoms with E-state index in [4.69, 9.17) is 4.99 Å². The second-order valence-electron chi connectivity index (χ2n) is 36.1. The van der Waals surface area contributed by atoms with Crippen LogP contribution in [0.1, 0.15) is 222 Å². The van der Waals surface area contributed by atoms with Gasteiger partial charge in [-0.3, -0.25) is 4.99 Å². The van der Waals surface area contributed by atoms with E-state index in [9.17, 15) is 0 Å². The first-order chi connectivity index (χ1) is 44.0. The predicted octanol–water partition coefficient (Wildman–Crippen LogP) is 25.2. The summed E-state index contributed by atoms with van der Waals surface area (Å²) in [6.45, 7) is 57.5. The number of guanidine groups is 1. The van der Waals surface area contributed by atoms with Crippen molar-refractivity contribution in [3.05, 3.63) is 225 Å². The van der Waals surface area contributed by atoms with Crippen LogP contribution in [0.25, 0.3) is 99.4 Å². The van der Waals surface area contributed by atoms with Gasteiger partial charge in [0.2, 0.25) is 0 Å². The van der Waals surface area contributed by atoms with Crippen molar-refractivity contribution in [1.29, 1.82) is 0 Å². The van der Waals surface area contributed by atoms with Gasteiger partial charge in [0.1, 0.15) is 0 Å². The van der Waals surface area contributed by atoms with Crippen LogP contribution in [0, 0.1) is 0 Å². The van der Waals surface area contributed by atoms with Crippen molar-refractivity contribution in [3.8, 4) is 77.9 Å². The Morgan fingerprint density at radius 3 is 0.684 bits per heavy atom. The molecular formula is C92H109N3. The van der Waals surface area contributed by atoms with Gasteiger partial charge in [-0.05, 0) is 247 Å². The fourth-order valence-corrected chi connectivity index (χ4v) is 13.7. The third-order valence-corrected chi connectivity index (χ3v) is 20.1. The highest BCUT2D eigenvalue weighted by molar-refractivity contribution is 6.12. The van der Waals surface area contributed by atoms with Crippen LogP contribution in [-0.2, 0) is 56.4 Å². The first kappa shape index (κ1) is 68.4. The van der Waals surface area contributed by atoms with E-state index in [1.165, 1.54) is 155 Å². The second-order valence-corrected chi connectivity index (χ2v) is 36.1. The first-order valence-electron chi connectivity index (χ1n) is 35.0. The largest absolute Gasteiger partial charge is 0.352 e. The molecule has 10 aromatic carbocycles. The summed E-state index contributed by atoms with van der Waals surface area (Å²) >= 11 is 0. The summed E-state index contributed by atoms with van der Waals surface area (Å²) in [5, 5.41) is 12.7. The SMILES string of the molecule is CN=C1NCc2c(-c3cc(-c4cc(C(C)(C)C)cc(C(C)(C)C)c4)cc(-c4cc(C(C)(C)C)cc(C(C)(C)C)c4)c3)cc3ccccc3c2-c2c(c(-c3cc(-c4cc(C(C)(C)C)cc(C(C)(C)C)c4)cc(-c4cc(C(C)(C)C)cc(C(C)(C)C)c4)c3)cc3ccccc23)CN1. The molecule has 1 heterocycles. The Balaban J connectivity index is 1.29.